The molecule has 3 N–H and O–H groups in total. The van der Waals surface area contributed by atoms with E-state index >= 15 is 0 Å². The average Bonchev–Trinajstić information content (AvgIpc) is 2.48. The number of hydrogen-bond donors (Lipinski definition) is 2. The van der Waals surface area contributed by atoms with Crippen LogP contribution < -0.4 is 15.8 Å². The molecular weight excluding hydrogens is 282 g/mol. The fourth-order valence-corrected chi connectivity index (χ4v) is 2.07. The van der Waals surface area contributed by atoms with E-state index in [1.54, 1.807) is 30.3 Å². The van der Waals surface area contributed by atoms with Crippen LogP contribution in [0.4, 0.5) is 0 Å². The molecule has 0 radical (unpaired) electrons. The van der Waals surface area contributed by atoms with Gasteiger partial charge in [-0.2, -0.15) is 5.26 Å². The maximum absolute atomic E-state index is 11.8. The summed E-state index contributed by atoms with van der Waals surface area (Å²) in [5, 5.41) is 11.8. The van der Waals surface area contributed by atoms with Crippen molar-refractivity contribution in [2.24, 2.45) is 5.73 Å². The minimum atomic E-state index is -0.687. The molecule has 0 saturated heterocycles. The highest BCUT2D eigenvalue weighted by Gasteiger charge is 2.38. The van der Waals surface area contributed by atoms with Crippen molar-refractivity contribution in [3.63, 3.8) is 0 Å². The van der Waals surface area contributed by atoms with Crippen LogP contribution in [0, 0.1) is 11.3 Å². The largest absolute Gasteiger partial charge is 0.484 e. The van der Waals surface area contributed by atoms with Crippen LogP contribution in [-0.4, -0.2) is 24.0 Å². The zero-order chi connectivity index (χ0) is 16.0. The van der Waals surface area contributed by atoms with Gasteiger partial charge in [-0.15, -0.1) is 0 Å². The molecule has 114 valence electrons. The Morgan fingerprint density at radius 2 is 2.05 bits per heavy atom. The smallest absolute Gasteiger partial charge is 0.255 e. The van der Waals surface area contributed by atoms with Crippen LogP contribution >= 0.6 is 0 Å². The van der Waals surface area contributed by atoms with Crippen LogP contribution in [0.3, 0.4) is 0 Å². The Labute approximate surface area is 128 Å². The molecule has 1 aliphatic rings. The molecule has 1 aromatic carbocycles. The van der Waals surface area contributed by atoms with Crippen molar-refractivity contribution in [2.75, 3.05) is 6.61 Å². The van der Waals surface area contributed by atoms with Gasteiger partial charge in [-0.25, -0.2) is 0 Å². The topological polar surface area (TPSA) is 105 Å². The van der Waals surface area contributed by atoms with E-state index < -0.39 is 11.4 Å². The number of carbonyl (C=O) groups is 2. The Hall–Kier alpha value is -2.81. The number of primary amides is 1. The highest BCUT2D eigenvalue weighted by Crippen LogP contribution is 2.30. The summed E-state index contributed by atoms with van der Waals surface area (Å²) in [4.78, 5) is 22.4. The number of carbonyl (C=O) groups excluding carboxylic acids is 2. The molecule has 6 nitrogen and oxygen atoms in total. The van der Waals surface area contributed by atoms with Gasteiger partial charge in [0.05, 0.1) is 6.07 Å². The van der Waals surface area contributed by atoms with E-state index in [9.17, 15) is 9.59 Å². The molecule has 22 heavy (non-hydrogen) atoms. The predicted octanol–water partition coefficient (Wildman–Crippen LogP) is 1.13. The fraction of sp³-hybridized carbons (Fsp3) is 0.312. The molecule has 0 aliphatic heterocycles. The molecular formula is C16H17N3O3. The number of benzene rings is 1. The quantitative estimate of drug-likeness (QED) is 0.768. The molecule has 1 aromatic rings. The first kappa shape index (κ1) is 15.6. The molecule has 0 aromatic heterocycles. The van der Waals surface area contributed by atoms with Crippen LogP contribution in [0.2, 0.25) is 0 Å². The second-order valence-corrected chi connectivity index (χ2v) is 5.19. The van der Waals surface area contributed by atoms with Gasteiger partial charge in [0.1, 0.15) is 11.3 Å². The number of amides is 2. The summed E-state index contributed by atoms with van der Waals surface area (Å²) in [5.74, 6) is -0.295. The van der Waals surface area contributed by atoms with Crippen LogP contribution in [0.5, 0.6) is 5.75 Å². The van der Waals surface area contributed by atoms with E-state index in [4.69, 9.17) is 15.7 Å². The second kappa shape index (κ2) is 6.76. The monoisotopic (exact) mass is 299 g/mol. The van der Waals surface area contributed by atoms with Crippen LogP contribution in [0.25, 0.3) is 6.08 Å². The van der Waals surface area contributed by atoms with E-state index in [1.165, 1.54) is 6.08 Å². The SMILES string of the molecule is N#CC1(NC(=O)/C=C/c2ccc(OCC(N)=O)cc2)CCC1. The Kier molecular flexibility index (Phi) is 4.79. The third kappa shape index (κ3) is 4.09. The van der Waals surface area contributed by atoms with Gasteiger partial charge in [-0.1, -0.05) is 12.1 Å². The Bertz CT molecular complexity index is 625. The van der Waals surface area contributed by atoms with Gasteiger partial charge in [-0.3, -0.25) is 9.59 Å². The summed E-state index contributed by atoms with van der Waals surface area (Å²) in [6.45, 7) is -0.173. The summed E-state index contributed by atoms with van der Waals surface area (Å²) in [5.41, 5.74) is 5.11. The predicted molar refractivity (Wildman–Crippen MR) is 80.5 cm³/mol. The molecule has 1 fully saturated rings. The molecule has 2 rings (SSSR count). The van der Waals surface area contributed by atoms with Crippen molar-refractivity contribution >= 4 is 17.9 Å². The molecule has 0 heterocycles. The molecule has 0 bridgehead atoms. The lowest BCUT2D eigenvalue weighted by molar-refractivity contribution is -0.120. The second-order valence-electron chi connectivity index (χ2n) is 5.19. The molecule has 2 amide bonds. The molecule has 0 atom stereocenters. The fourth-order valence-electron chi connectivity index (χ4n) is 2.07. The Balaban J connectivity index is 1.88. The molecule has 1 aliphatic carbocycles. The van der Waals surface area contributed by atoms with E-state index in [-0.39, 0.29) is 12.5 Å². The summed E-state index contributed by atoms with van der Waals surface area (Å²) < 4.78 is 5.14. The van der Waals surface area contributed by atoms with Crippen molar-refractivity contribution in [3.8, 4) is 11.8 Å². The third-order valence-electron chi connectivity index (χ3n) is 3.47. The molecule has 0 unspecified atom stereocenters. The highest BCUT2D eigenvalue weighted by molar-refractivity contribution is 5.92. The van der Waals surface area contributed by atoms with Gasteiger partial charge in [0, 0.05) is 6.08 Å². The molecule has 1 saturated carbocycles. The summed E-state index contributed by atoms with van der Waals surface area (Å²) in [7, 11) is 0. The third-order valence-corrected chi connectivity index (χ3v) is 3.47. The van der Waals surface area contributed by atoms with Gasteiger partial charge in [-0.05, 0) is 43.0 Å². The standard InChI is InChI=1S/C16H17N3O3/c17-11-16(8-1-9-16)19-15(21)7-4-12-2-5-13(6-3-12)22-10-14(18)20/h2-7H,1,8-10H2,(H2,18,20)(H,19,21)/b7-4+. The van der Waals surface area contributed by atoms with E-state index in [1.807, 2.05) is 0 Å². The number of ether oxygens (including phenoxy) is 1. The molecule has 6 heteroatoms. The zero-order valence-corrected chi connectivity index (χ0v) is 12.0. The number of nitriles is 1. The van der Waals surface area contributed by atoms with Crippen molar-refractivity contribution < 1.29 is 14.3 Å². The van der Waals surface area contributed by atoms with Crippen LogP contribution in [-0.2, 0) is 9.59 Å². The lowest BCUT2D eigenvalue weighted by atomic mass is 9.78. The summed E-state index contributed by atoms with van der Waals surface area (Å²) in [6.07, 6.45) is 5.42. The Morgan fingerprint density at radius 1 is 1.36 bits per heavy atom. The maximum Gasteiger partial charge on any atom is 0.255 e. The minimum absolute atomic E-state index is 0.173. The van der Waals surface area contributed by atoms with Crippen molar-refractivity contribution in [1.82, 2.24) is 5.32 Å². The van der Waals surface area contributed by atoms with Crippen molar-refractivity contribution in [2.45, 2.75) is 24.8 Å². The highest BCUT2D eigenvalue weighted by atomic mass is 16.5. The van der Waals surface area contributed by atoms with E-state index in [0.29, 0.717) is 18.6 Å². The maximum atomic E-state index is 11.8. The average molecular weight is 299 g/mol. The van der Waals surface area contributed by atoms with Gasteiger partial charge in [0.25, 0.3) is 5.91 Å². The number of nitrogens with zero attached hydrogens (tertiary/aromatic N) is 1. The zero-order valence-electron chi connectivity index (χ0n) is 12.0. The Morgan fingerprint density at radius 3 is 2.55 bits per heavy atom. The number of nitrogens with two attached hydrogens (primary N) is 1. The van der Waals surface area contributed by atoms with E-state index in [0.717, 1.165) is 12.0 Å². The number of rotatable bonds is 6. The number of nitrogens with one attached hydrogen (secondary N) is 1. The summed E-state index contributed by atoms with van der Waals surface area (Å²) in [6, 6.07) is 9.03. The van der Waals surface area contributed by atoms with Gasteiger partial charge in [0.2, 0.25) is 5.91 Å². The van der Waals surface area contributed by atoms with Gasteiger partial charge < -0.3 is 15.8 Å². The van der Waals surface area contributed by atoms with Crippen molar-refractivity contribution in [3.05, 3.63) is 35.9 Å². The van der Waals surface area contributed by atoms with Gasteiger partial charge in [0.15, 0.2) is 6.61 Å². The first-order valence-electron chi connectivity index (χ1n) is 6.96. The van der Waals surface area contributed by atoms with Crippen LogP contribution in [0.15, 0.2) is 30.3 Å². The molecule has 0 spiro atoms. The van der Waals surface area contributed by atoms with Gasteiger partial charge >= 0.3 is 0 Å². The minimum Gasteiger partial charge on any atom is -0.484 e. The lowest BCUT2D eigenvalue weighted by Gasteiger charge is -2.35. The van der Waals surface area contributed by atoms with E-state index in [2.05, 4.69) is 11.4 Å². The number of hydrogen-bond acceptors (Lipinski definition) is 4. The van der Waals surface area contributed by atoms with Crippen LogP contribution in [0.1, 0.15) is 24.8 Å². The normalized spacial score (nSPS) is 15.6. The lowest BCUT2D eigenvalue weighted by Crippen LogP contribution is -2.51. The first-order chi connectivity index (χ1) is 10.5. The summed E-state index contributed by atoms with van der Waals surface area (Å²) >= 11 is 0. The first-order valence-corrected chi connectivity index (χ1v) is 6.96. The van der Waals surface area contributed by atoms with Crippen molar-refractivity contribution in [1.29, 1.82) is 5.26 Å².